The summed E-state index contributed by atoms with van der Waals surface area (Å²) < 4.78 is 0. The molecule has 2 unspecified atom stereocenters. The van der Waals surface area contributed by atoms with Gasteiger partial charge >= 0.3 is 0 Å². The van der Waals surface area contributed by atoms with Crippen LogP contribution in [0, 0.1) is 5.92 Å². The van der Waals surface area contributed by atoms with Gasteiger partial charge in [-0.2, -0.15) is 0 Å². The topological polar surface area (TPSA) is 26.0 Å². The molecule has 1 aromatic rings. The molecule has 2 atom stereocenters. The highest BCUT2D eigenvalue weighted by Gasteiger charge is 2.20. The van der Waals surface area contributed by atoms with Crippen molar-refractivity contribution in [3.8, 4) is 0 Å². The maximum Gasteiger partial charge on any atom is 0.0442 e. The Hall–Kier alpha value is -0.240. The first kappa shape index (κ1) is 12.8. The lowest BCUT2D eigenvalue weighted by Gasteiger charge is -2.24. The van der Waals surface area contributed by atoms with Gasteiger partial charge in [0.2, 0.25) is 0 Å². The summed E-state index contributed by atoms with van der Waals surface area (Å²) in [5.74, 6) is 0.645. The second-order valence-corrected chi connectivity index (χ2v) is 5.12. The molecule has 3 heteroatoms. The lowest BCUT2D eigenvalue weighted by molar-refractivity contribution is 0.435. The highest BCUT2D eigenvalue weighted by Crippen LogP contribution is 2.30. The van der Waals surface area contributed by atoms with Crippen LogP contribution in [0.25, 0.3) is 0 Å². The summed E-state index contributed by atoms with van der Waals surface area (Å²) in [4.78, 5) is 0. The molecule has 0 spiro atoms. The predicted octanol–water partition coefficient (Wildman–Crippen LogP) is 4.08. The van der Waals surface area contributed by atoms with Crippen LogP contribution in [0.4, 0.5) is 0 Å². The van der Waals surface area contributed by atoms with Crippen LogP contribution in [-0.4, -0.2) is 6.04 Å². The zero-order valence-corrected chi connectivity index (χ0v) is 10.8. The molecule has 0 aromatic heterocycles. The van der Waals surface area contributed by atoms with Crippen molar-refractivity contribution in [2.75, 3.05) is 0 Å². The molecule has 1 nitrogen and oxygen atoms in total. The molecule has 0 radical (unpaired) electrons. The summed E-state index contributed by atoms with van der Waals surface area (Å²) in [6, 6.07) is 5.61. The predicted molar refractivity (Wildman–Crippen MR) is 67.7 cm³/mol. The first-order valence-corrected chi connectivity index (χ1v) is 5.89. The minimum absolute atomic E-state index is 0.0981. The Morgan fingerprint density at radius 1 is 1.13 bits per heavy atom. The van der Waals surface area contributed by atoms with Crippen LogP contribution < -0.4 is 5.73 Å². The van der Waals surface area contributed by atoms with Crippen molar-refractivity contribution < 1.29 is 0 Å². The molecule has 1 aromatic carbocycles. The maximum absolute atomic E-state index is 6.13. The Labute approximate surface area is 102 Å². The fourth-order valence-corrected chi connectivity index (χ4v) is 2.12. The molecule has 0 bridgehead atoms. The zero-order valence-electron chi connectivity index (χ0n) is 9.30. The third-order valence-electron chi connectivity index (χ3n) is 2.80. The molecule has 2 N–H and O–H groups in total. The van der Waals surface area contributed by atoms with E-state index in [9.17, 15) is 0 Å². The molecule has 0 amide bonds. The van der Waals surface area contributed by atoms with Crippen molar-refractivity contribution in [1.29, 1.82) is 0 Å². The second kappa shape index (κ2) is 5.20. The molecular formula is C12H17Cl2N. The van der Waals surface area contributed by atoms with Crippen LogP contribution in [-0.2, 0) is 0 Å². The SMILES string of the molecule is CC(C)C(N)C(C)c1cc(Cl)ccc1Cl. The summed E-state index contributed by atoms with van der Waals surface area (Å²) in [5, 5.41) is 1.44. The minimum Gasteiger partial charge on any atom is -0.327 e. The number of hydrogen-bond acceptors (Lipinski definition) is 1. The summed E-state index contributed by atoms with van der Waals surface area (Å²) in [6.07, 6.45) is 0. The van der Waals surface area contributed by atoms with Gasteiger partial charge < -0.3 is 5.73 Å². The molecule has 0 aliphatic rings. The Kier molecular flexibility index (Phi) is 4.45. The van der Waals surface area contributed by atoms with E-state index in [-0.39, 0.29) is 12.0 Å². The monoisotopic (exact) mass is 245 g/mol. The minimum atomic E-state index is 0.0981. The summed E-state index contributed by atoms with van der Waals surface area (Å²) >= 11 is 12.1. The summed E-state index contributed by atoms with van der Waals surface area (Å²) in [5.41, 5.74) is 7.14. The average Bonchev–Trinajstić information content (AvgIpc) is 2.19. The van der Waals surface area contributed by atoms with Crippen molar-refractivity contribution in [1.82, 2.24) is 0 Å². The lowest BCUT2D eigenvalue weighted by atomic mass is 9.87. The summed E-state index contributed by atoms with van der Waals surface area (Å²) in [7, 11) is 0. The lowest BCUT2D eigenvalue weighted by Crippen LogP contribution is -2.32. The van der Waals surface area contributed by atoms with E-state index in [4.69, 9.17) is 28.9 Å². The van der Waals surface area contributed by atoms with Crippen molar-refractivity contribution in [2.24, 2.45) is 11.7 Å². The van der Waals surface area contributed by atoms with E-state index in [1.165, 1.54) is 0 Å². The number of hydrogen-bond donors (Lipinski definition) is 1. The fourth-order valence-electron chi connectivity index (χ4n) is 1.65. The Morgan fingerprint density at radius 2 is 1.73 bits per heavy atom. The number of benzene rings is 1. The smallest absolute Gasteiger partial charge is 0.0442 e. The third-order valence-corrected chi connectivity index (χ3v) is 3.38. The van der Waals surface area contributed by atoms with Crippen molar-refractivity contribution in [2.45, 2.75) is 32.7 Å². The quantitative estimate of drug-likeness (QED) is 0.854. The van der Waals surface area contributed by atoms with E-state index >= 15 is 0 Å². The maximum atomic E-state index is 6.13. The molecule has 0 fully saturated rings. The van der Waals surface area contributed by atoms with Gasteiger partial charge in [-0.3, -0.25) is 0 Å². The third kappa shape index (κ3) is 3.10. The van der Waals surface area contributed by atoms with E-state index in [2.05, 4.69) is 20.8 Å². The molecule has 0 saturated heterocycles. The zero-order chi connectivity index (χ0) is 11.6. The van der Waals surface area contributed by atoms with Gasteiger partial charge in [0.25, 0.3) is 0 Å². The largest absolute Gasteiger partial charge is 0.327 e. The van der Waals surface area contributed by atoms with Gasteiger partial charge in [-0.15, -0.1) is 0 Å². The van der Waals surface area contributed by atoms with Crippen LogP contribution in [0.2, 0.25) is 10.0 Å². The van der Waals surface area contributed by atoms with Crippen LogP contribution >= 0.6 is 23.2 Å². The molecule has 0 aliphatic carbocycles. The second-order valence-electron chi connectivity index (χ2n) is 4.28. The average molecular weight is 246 g/mol. The molecule has 1 rings (SSSR count). The normalized spacial score (nSPS) is 15.4. The van der Waals surface area contributed by atoms with Gasteiger partial charge in [0, 0.05) is 16.1 Å². The molecule has 0 heterocycles. The van der Waals surface area contributed by atoms with Gasteiger partial charge in [-0.1, -0.05) is 44.0 Å². The van der Waals surface area contributed by atoms with E-state index in [1.807, 2.05) is 12.1 Å². The molecule has 0 saturated carbocycles. The first-order valence-electron chi connectivity index (χ1n) is 5.14. The fraction of sp³-hybridized carbons (Fsp3) is 0.500. The first-order chi connectivity index (χ1) is 6.93. The van der Waals surface area contributed by atoms with E-state index in [0.717, 1.165) is 10.6 Å². The van der Waals surface area contributed by atoms with Crippen LogP contribution in [0.15, 0.2) is 18.2 Å². The van der Waals surface area contributed by atoms with Crippen LogP contribution in [0.1, 0.15) is 32.3 Å². The van der Waals surface area contributed by atoms with Gasteiger partial charge in [0.15, 0.2) is 0 Å². The Bertz CT molecular complexity index is 336. The highest BCUT2D eigenvalue weighted by atomic mass is 35.5. The number of halogens is 2. The van der Waals surface area contributed by atoms with E-state index < -0.39 is 0 Å². The van der Waals surface area contributed by atoms with Crippen LogP contribution in [0.3, 0.4) is 0 Å². The summed E-state index contributed by atoms with van der Waals surface area (Å²) in [6.45, 7) is 6.31. The van der Waals surface area contributed by atoms with Crippen molar-refractivity contribution in [3.05, 3.63) is 33.8 Å². The molecule has 0 aliphatic heterocycles. The van der Waals surface area contributed by atoms with Gasteiger partial charge in [-0.05, 0) is 35.6 Å². The van der Waals surface area contributed by atoms with E-state index in [0.29, 0.717) is 10.9 Å². The molecular weight excluding hydrogens is 229 g/mol. The Balaban J connectivity index is 2.99. The van der Waals surface area contributed by atoms with Gasteiger partial charge in [-0.25, -0.2) is 0 Å². The van der Waals surface area contributed by atoms with Crippen LogP contribution in [0.5, 0.6) is 0 Å². The van der Waals surface area contributed by atoms with Gasteiger partial charge in [0.1, 0.15) is 0 Å². The van der Waals surface area contributed by atoms with E-state index in [1.54, 1.807) is 6.07 Å². The number of nitrogens with two attached hydrogens (primary N) is 1. The Morgan fingerprint density at radius 3 is 2.27 bits per heavy atom. The molecule has 84 valence electrons. The van der Waals surface area contributed by atoms with Gasteiger partial charge in [0.05, 0.1) is 0 Å². The standard InChI is InChI=1S/C12H17Cl2N/c1-7(2)12(15)8(3)10-6-9(13)4-5-11(10)14/h4-8,12H,15H2,1-3H3. The van der Waals surface area contributed by atoms with Crippen molar-refractivity contribution in [3.63, 3.8) is 0 Å². The number of rotatable bonds is 3. The molecule has 15 heavy (non-hydrogen) atoms. The highest BCUT2D eigenvalue weighted by molar-refractivity contribution is 6.33. The van der Waals surface area contributed by atoms with Crippen molar-refractivity contribution >= 4 is 23.2 Å².